The van der Waals surface area contributed by atoms with E-state index in [9.17, 15) is 4.79 Å². The Morgan fingerprint density at radius 3 is 2.75 bits per heavy atom. The van der Waals surface area contributed by atoms with Gasteiger partial charge in [-0.25, -0.2) is 0 Å². The van der Waals surface area contributed by atoms with Crippen molar-refractivity contribution in [1.29, 1.82) is 0 Å². The lowest BCUT2D eigenvalue weighted by Crippen LogP contribution is -2.30. The highest BCUT2D eigenvalue weighted by Gasteiger charge is 2.10. The third-order valence-corrected chi connectivity index (χ3v) is 1.21. The standard InChI is InChI=1S/C8H12N2O2/c1-6(3-4-10-2)5-7(9)8(11)12/h3-4,7H,1-2,5,9H2,(H,11,12)/b4-3-. The van der Waals surface area contributed by atoms with Crippen LogP contribution in [-0.4, -0.2) is 23.8 Å². The molecule has 3 N–H and O–H groups in total. The van der Waals surface area contributed by atoms with Gasteiger partial charge in [-0.3, -0.25) is 9.79 Å². The highest BCUT2D eigenvalue weighted by molar-refractivity contribution is 5.73. The topological polar surface area (TPSA) is 75.7 Å². The van der Waals surface area contributed by atoms with Crippen LogP contribution in [0.5, 0.6) is 0 Å². The van der Waals surface area contributed by atoms with Crippen LogP contribution in [-0.2, 0) is 4.79 Å². The zero-order chi connectivity index (χ0) is 9.56. The maximum absolute atomic E-state index is 10.3. The molecule has 1 unspecified atom stereocenters. The van der Waals surface area contributed by atoms with Crippen LogP contribution in [0.4, 0.5) is 0 Å². The molecule has 0 radical (unpaired) electrons. The van der Waals surface area contributed by atoms with Crippen molar-refractivity contribution in [3.63, 3.8) is 0 Å². The molecular weight excluding hydrogens is 156 g/mol. The van der Waals surface area contributed by atoms with Gasteiger partial charge in [0, 0.05) is 6.20 Å². The molecular formula is C8H12N2O2. The first kappa shape index (κ1) is 10.6. The smallest absolute Gasteiger partial charge is 0.320 e. The van der Waals surface area contributed by atoms with Gasteiger partial charge in [-0.2, -0.15) is 0 Å². The molecule has 0 heterocycles. The molecule has 0 aromatic rings. The number of carbonyl (C=O) groups is 1. The van der Waals surface area contributed by atoms with Gasteiger partial charge in [-0.1, -0.05) is 12.2 Å². The quantitative estimate of drug-likeness (QED) is 0.465. The minimum absolute atomic E-state index is 0.224. The minimum atomic E-state index is -1.03. The summed E-state index contributed by atoms with van der Waals surface area (Å²) in [4.78, 5) is 13.7. The molecule has 0 aliphatic heterocycles. The van der Waals surface area contributed by atoms with Crippen LogP contribution in [0.15, 0.2) is 29.4 Å². The molecule has 0 aromatic heterocycles. The Morgan fingerprint density at radius 1 is 1.75 bits per heavy atom. The van der Waals surface area contributed by atoms with E-state index in [1.807, 2.05) is 0 Å². The fraction of sp³-hybridized carbons (Fsp3) is 0.250. The average molecular weight is 168 g/mol. The van der Waals surface area contributed by atoms with E-state index < -0.39 is 12.0 Å². The number of nitrogens with two attached hydrogens (primary N) is 1. The van der Waals surface area contributed by atoms with Crippen LogP contribution in [0, 0.1) is 0 Å². The number of aliphatic imine (C=N–C) groups is 1. The molecule has 0 aromatic carbocycles. The number of carboxylic acid groups (broad SMARTS) is 1. The van der Waals surface area contributed by atoms with E-state index in [0.717, 1.165) is 0 Å². The summed E-state index contributed by atoms with van der Waals surface area (Å²) in [5, 5.41) is 8.43. The first-order valence-electron chi connectivity index (χ1n) is 3.36. The van der Waals surface area contributed by atoms with E-state index in [2.05, 4.69) is 18.3 Å². The van der Waals surface area contributed by atoms with Crippen LogP contribution in [0.1, 0.15) is 6.42 Å². The van der Waals surface area contributed by atoms with Crippen LogP contribution in [0.2, 0.25) is 0 Å². The molecule has 0 fully saturated rings. The molecule has 4 heteroatoms. The SMILES string of the molecule is C=N/C=C\C(=C)CC(N)C(=O)O. The molecule has 0 spiro atoms. The Labute approximate surface area is 71.1 Å². The second-order valence-electron chi connectivity index (χ2n) is 2.31. The van der Waals surface area contributed by atoms with Crippen LogP contribution >= 0.6 is 0 Å². The second-order valence-corrected chi connectivity index (χ2v) is 2.31. The van der Waals surface area contributed by atoms with Gasteiger partial charge in [-0.05, 0) is 19.2 Å². The Bertz CT molecular complexity index is 221. The van der Waals surface area contributed by atoms with E-state index in [1.54, 1.807) is 6.08 Å². The molecule has 4 nitrogen and oxygen atoms in total. The number of aliphatic carboxylic acids is 1. The van der Waals surface area contributed by atoms with Crippen molar-refractivity contribution < 1.29 is 9.90 Å². The van der Waals surface area contributed by atoms with Crippen molar-refractivity contribution in [3.8, 4) is 0 Å². The summed E-state index contributed by atoms with van der Waals surface area (Å²) in [6.07, 6.45) is 3.24. The van der Waals surface area contributed by atoms with Gasteiger partial charge in [0.1, 0.15) is 6.04 Å². The van der Waals surface area contributed by atoms with Gasteiger partial charge in [0.05, 0.1) is 0 Å². The van der Waals surface area contributed by atoms with Crippen molar-refractivity contribution in [1.82, 2.24) is 0 Å². The molecule has 0 amide bonds. The van der Waals surface area contributed by atoms with Crippen molar-refractivity contribution in [2.75, 3.05) is 0 Å². The maximum Gasteiger partial charge on any atom is 0.320 e. The zero-order valence-corrected chi connectivity index (χ0v) is 6.73. The molecule has 0 saturated carbocycles. The zero-order valence-electron chi connectivity index (χ0n) is 6.73. The number of nitrogens with zero attached hydrogens (tertiary/aromatic N) is 1. The predicted molar refractivity (Wildman–Crippen MR) is 48.1 cm³/mol. The van der Waals surface area contributed by atoms with Crippen molar-refractivity contribution >= 4 is 12.7 Å². The lowest BCUT2D eigenvalue weighted by Gasteiger charge is -2.04. The molecule has 0 bridgehead atoms. The van der Waals surface area contributed by atoms with Crippen molar-refractivity contribution in [2.24, 2.45) is 10.7 Å². The third kappa shape index (κ3) is 4.40. The van der Waals surface area contributed by atoms with Gasteiger partial charge in [0.25, 0.3) is 0 Å². The molecule has 66 valence electrons. The van der Waals surface area contributed by atoms with E-state index >= 15 is 0 Å². The molecule has 0 saturated heterocycles. The monoisotopic (exact) mass is 168 g/mol. The normalized spacial score (nSPS) is 12.8. The van der Waals surface area contributed by atoms with E-state index in [0.29, 0.717) is 5.57 Å². The lowest BCUT2D eigenvalue weighted by atomic mass is 10.1. The van der Waals surface area contributed by atoms with Crippen molar-refractivity contribution in [2.45, 2.75) is 12.5 Å². The van der Waals surface area contributed by atoms with Gasteiger partial charge < -0.3 is 10.8 Å². The largest absolute Gasteiger partial charge is 0.480 e. The first-order valence-corrected chi connectivity index (χ1v) is 3.36. The summed E-state index contributed by atoms with van der Waals surface area (Å²) in [6, 6.07) is -0.896. The molecule has 0 aliphatic carbocycles. The fourth-order valence-electron chi connectivity index (χ4n) is 0.596. The summed E-state index contributed by atoms with van der Waals surface area (Å²) >= 11 is 0. The second kappa shape index (κ2) is 5.26. The van der Waals surface area contributed by atoms with Crippen LogP contribution in [0.3, 0.4) is 0 Å². The number of hydrogen-bond donors (Lipinski definition) is 2. The molecule has 12 heavy (non-hydrogen) atoms. The summed E-state index contributed by atoms with van der Waals surface area (Å²) in [5.74, 6) is -1.03. The lowest BCUT2D eigenvalue weighted by molar-refractivity contribution is -0.138. The van der Waals surface area contributed by atoms with E-state index in [-0.39, 0.29) is 6.42 Å². The first-order chi connectivity index (χ1) is 5.57. The average Bonchev–Trinajstić information content (AvgIpc) is 2.00. The van der Waals surface area contributed by atoms with Gasteiger partial charge in [0.15, 0.2) is 0 Å². The van der Waals surface area contributed by atoms with Gasteiger partial charge >= 0.3 is 5.97 Å². The molecule has 1 atom stereocenters. The summed E-state index contributed by atoms with van der Waals surface area (Å²) in [7, 11) is 0. The van der Waals surface area contributed by atoms with Gasteiger partial charge in [-0.15, -0.1) is 0 Å². The Kier molecular flexibility index (Phi) is 4.64. The van der Waals surface area contributed by atoms with E-state index in [4.69, 9.17) is 10.8 Å². The number of carboxylic acids is 1. The van der Waals surface area contributed by atoms with Gasteiger partial charge in [0.2, 0.25) is 0 Å². The number of rotatable bonds is 5. The van der Waals surface area contributed by atoms with Crippen molar-refractivity contribution in [3.05, 3.63) is 24.4 Å². The number of hydrogen-bond acceptors (Lipinski definition) is 3. The highest BCUT2D eigenvalue weighted by Crippen LogP contribution is 2.02. The number of allylic oxidation sites excluding steroid dienone is 1. The predicted octanol–water partition coefficient (Wildman–Crippen LogP) is 0.559. The Balaban J connectivity index is 3.92. The summed E-state index contributed by atoms with van der Waals surface area (Å²) < 4.78 is 0. The molecule has 0 rings (SSSR count). The molecule has 0 aliphatic rings. The van der Waals surface area contributed by atoms with Crippen LogP contribution < -0.4 is 5.73 Å². The summed E-state index contributed by atoms with van der Waals surface area (Å²) in [5.41, 5.74) is 5.87. The third-order valence-electron chi connectivity index (χ3n) is 1.21. The van der Waals surface area contributed by atoms with Crippen LogP contribution in [0.25, 0.3) is 0 Å². The minimum Gasteiger partial charge on any atom is -0.480 e. The fourth-order valence-corrected chi connectivity index (χ4v) is 0.596. The maximum atomic E-state index is 10.3. The highest BCUT2D eigenvalue weighted by atomic mass is 16.4. The summed E-state index contributed by atoms with van der Waals surface area (Å²) in [6.45, 7) is 6.82. The van der Waals surface area contributed by atoms with E-state index in [1.165, 1.54) is 6.20 Å². The Morgan fingerprint density at radius 2 is 2.33 bits per heavy atom. The Hall–Kier alpha value is -1.42.